The fourth-order valence-electron chi connectivity index (χ4n) is 0.957. The zero-order valence-electron chi connectivity index (χ0n) is 7.56. The molecule has 0 aliphatic carbocycles. The number of aryl methyl sites for hydroxylation is 2. The van der Waals surface area contributed by atoms with Gasteiger partial charge in [-0.2, -0.15) is 0 Å². The molecule has 0 aliphatic rings. The van der Waals surface area contributed by atoms with E-state index in [0.717, 1.165) is 0 Å². The zero-order valence-corrected chi connectivity index (χ0v) is 8.38. The highest BCUT2D eigenvalue weighted by Crippen LogP contribution is 2.25. The summed E-state index contributed by atoms with van der Waals surface area (Å²) in [7, 11) is 2.00. The molecule has 0 bridgehead atoms. The van der Waals surface area contributed by atoms with Crippen molar-refractivity contribution in [3.8, 4) is 0 Å². The molecule has 0 radical (unpaired) electrons. The van der Waals surface area contributed by atoms with E-state index < -0.39 is 0 Å². The molecular weight excluding hydrogens is 154 g/mol. The Morgan fingerprint density at radius 2 is 2.09 bits per heavy atom. The molecule has 1 aromatic rings. The van der Waals surface area contributed by atoms with Gasteiger partial charge in [0.25, 0.3) is 0 Å². The van der Waals surface area contributed by atoms with Gasteiger partial charge in [0, 0.05) is 15.8 Å². The second-order valence-electron chi connectivity index (χ2n) is 2.90. The van der Waals surface area contributed by atoms with Crippen molar-refractivity contribution in [1.29, 1.82) is 0 Å². The summed E-state index contributed by atoms with van der Waals surface area (Å²) in [4.78, 5) is 2.87. The summed E-state index contributed by atoms with van der Waals surface area (Å²) in [5.41, 5.74) is 1.41. The summed E-state index contributed by atoms with van der Waals surface area (Å²) in [6.45, 7) is 6.52. The van der Waals surface area contributed by atoms with Crippen LogP contribution in [0.1, 0.15) is 28.3 Å². The van der Waals surface area contributed by atoms with E-state index in [1.807, 2.05) is 18.4 Å². The van der Waals surface area contributed by atoms with E-state index in [-0.39, 0.29) is 0 Å². The van der Waals surface area contributed by atoms with Crippen LogP contribution in [0.15, 0.2) is 6.07 Å². The number of thiophene rings is 1. The van der Waals surface area contributed by atoms with Gasteiger partial charge in [-0.15, -0.1) is 11.3 Å². The Bertz CT molecular complexity index is 220. The second kappa shape index (κ2) is 3.37. The van der Waals surface area contributed by atoms with E-state index in [1.165, 1.54) is 15.3 Å². The highest BCUT2D eigenvalue weighted by atomic mass is 32.1. The highest BCUT2D eigenvalue weighted by molar-refractivity contribution is 7.12. The fourth-order valence-corrected chi connectivity index (χ4v) is 2.06. The molecule has 2 heteroatoms. The molecular formula is C9H15NS. The standard InChI is InChI=1S/C9H15NS/c1-6-5-9(7(2)10-4)11-8(6)3/h5,7,10H,1-4H3. The van der Waals surface area contributed by atoms with Gasteiger partial charge >= 0.3 is 0 Å². The third-order valence-electron chi connectivity index (χ3n) is 2.04. The lowest BCUT2D eigenvalue weighted by Crippen LogP contribution is -2.10. The van der Waals surface area contributed by atoms with Gasteiger partial charge in [0.2, 0.25) is 0 Å². The van der Waals surface area contributed by atoms with Crippen molar-refractivity contribution in [3.05, 3.63) is 21.4 Å². The minimum Gasteiger partial charge on any atom is -0.313 e. The smallest absolute Gasteiger partial charge is 0.0383 e. The largest absolute Gasteiger partial charge is 0.313 e. The van der Waals surface area contributed by atoms with E-state index in [2.05, 4.69) is 32.2 Å². The van der Waals surface area contributed by atoms with Crippen LogP contribution in [0.25, 0.3) is 0 Å². The summed E-state index contributed by atoms with van der Waals surface area (Å²) in [5.74, 6) is 0. The number of hydrogen-bond acceptors (Lipinski definition) is 2. The molecule has 0 amide bonds. The summed E-state index contributed by atoms with van der Waals surface area (Å²) >= 11 is 1.88. The number of rotatable bonds is 2. The first-order valence-corrected chi connectivity index (χ1v) is 4.71. The van der Waals surface area contributed by atoms with E-state index in [1.54, 1.807) is 0 Å². The lowest BCUT2D eigenvalue weighted by atomic mass is 10.2. The number of hydrogen-bond donors (Lipinski definition) is 1. The Labute approximate surface area is 72.4 Å². The molecule has 1 atom stereocenters. The predicted octanol–water partition coefficient (Wildman–Crippen LogP) is 2.65. The third-order valence-corrected chi connectivity index (χ3v) is 3.38. The van der Waals surface area contributed by atoms with Crippen molar-refractivity contribution in [1.82, 2.24) is 5.32 Å². The second-order valence-corrected chi connectivity index (χ2v) is 4.19. The molecule has 1 aromatic heterocycles. The predicted molar refractivity (Wildman–Crippen MR) is 51.3 cm³/mol. The maximum absolute atomic E-state index is 3.23. The molecule has 0 saturated heterocycles. The Kier molecular flexibility index (Phi) is 2.68. The lowest BCUT2D eigenvalue weighted by Gasteiger charge is -2.05. The number of nitrogens with one attached hydrogen (secondary N) is 1. The fraction of sp³-hybridized carbons (Fsp3) is 0.556. The molecule has 1 N–H and O–H groups in total. The maximum Gasteiger partial charge on any atom is 0.0383 e. The van der Waals surface area contributed by atoms with Crippen molar-refractivity contribution < 1.29 is 0 Å². The molecule has 1 unspecified atom stereocenters. The van der Waals surface area contributed by atoms with Gasteiger partial charge in [0.05, 0.1) is 0 Å². The molecule has 0 fully saturated rings. The monoisotopic (exact) mass is 169 g/mol. The van der Waals surface area contributed by atoms with Crippen molar-refractivity contribution in [2.45, 2.75) is 26.8 Å². The summed E-state index contributed by atoms with van der Waals surface area (Å²) in [5, 5.41) is 3.23. The first-order chi connectivity index (χ1) is 5.15. The van der Waals surface area contributed by atoms with Crippen molar-refractivity contribution in [3.63, 3.8) is 0 Å². The van der Waals surface area contributed by atoms with Gasteiger partial charge in [0.15, 0.2) is 0 Å². The maximum atomic E-state index is 3.23. The van der Waals surface area contributed by atoms with Gasteiger partial charge in [-0.05, 0) is 39.4 Å². The molecule has 0 aliphatic heterocycles. The molecule has 0 aromatic carbocycles. The van der Waals surface area contributed by atoms with Crippen LogP contribution in [0.2, 0.25) is 0 Å². The van der Waals surface area contributed by atoms with E-state index in [0.29, 0.717) is 6.04 Å². The van der Waals surface area contributed by atoms with Crippen LogP contribution in [0.5, 0.6) is 0 Å². The molecule has 11 heavy (non-hydrogen) atoms. The van der Waals surface area contributed by atoms with E-state index in [9.17, 15) is 0 Å². The average molecular weight is 169 g/mol. The van der Waals surface area contributed by atoms with Gasteiger partial charge < -0.3 is 5.32 Å². The van der Waals surface area contributed by atoms with Crippen LogP contribution in [0.4, 0.5) is 0 Å². The molecule has 62 valence electrons. The molecule has 1 rings (SSSR count). The Morgan fingerprint density at radius 1 is 1.45 bits per heavy atom. The summed E-state index contributed by atoms with van der Waals surface area (Å²) < 4.78 is 0. The van der Waals surface area contributed by atoms with Crippen molar-refractivity contribution in [2.24, 2.45) is 0 Å². The van der Waals surface area contributed by atoms with Gasteiger partial charge in [-0.3, -0.25) is 0 Å². The SMILES string of the molecule is CNC(C)c1cc(C)c(C)s1. The van der Waals surface area contributed by atoms with Crippen LogP contribution in [-0.2, 0) is 0 Å². The average Bonchev–Trinajstić information content (AvgIpc) is 2.31. The Hall–Kier alpha value is -0.340. The minimum absolute atomic E-state index is 0.493. The first kappa shape index (κ1) is 8.75. The van der Waals surface area contributed by atoms with Crippen molar-refractivity contribution in [2.75, 3.05) is 7.05 Å². The molecule has 0 spiro atoms. The van der Waals surface area contributed by atoms with Crippen LogP contribution in [0.3, 0.4) is 0 Å². The van der Waals surface area contributed by atoms with Crippen LogP contribution in [-0.4, -0.2) is 7.05 Å². The van der Waals surface area contributed by atoms with E-state index >= 15 is 0 Å². The Morgan fingerprint density at radius 3 is 2.45 bits per heavy atom. The third kappa shape index (κ3) is 1.82. The quantitative estimate of drug-likeness (QED) is 0.717. The topological polar surface area (TPSA) is 12.0 Å². The molecule has 1 heterocycles. The van der Waals surface area contributed by atoms with Gasteiger partial charge in [-0.1, -0.05) is 0 Å². The highest BCUT2D eigenvalue weighted by Gasteiger charge is 2.06. The van der Waals surface area contributed by atoms with Crippen LogP contribution >= 0.6 is 11.3 Å². The normalized spacial score (nSPS) is 13.5. The summed E-state index contributed by atoms with van der Waals surface area (Å²) in [6.07, 6.45) is 0. The first-order valence-electron chi connectivity index (χ1n) is 3.89. The Balaban J connectivity index is 2.88. The summed E-state index contributed by atoms with van der Waals surface area (Å²) in [6, 6.07) is 2.76. The molecule has 0 saturated carbocycles. The van der Waals surface area contributed by atoms with Gasteiger partial charge in [-0.25, -0.2) is 0 Å². The van der Waals surface area contributed by atoms with Crippen LogP contribution < -0.4 is 5.32 Å². The minimum atomic E-state index is 0.493. The molecule has 1 nitrogen and oxygen atoms in total. The zero-order chi connectivity index (χ0) is 8.43. The van der Waals surface area contributed by atoms with Crippen molar-refractivity contribution >= 4 is 11.3 Å². The van der Waals surface area contributed by atoms with Crippen LogP contribution in [0, 0.1) is 13.8 Å². The lowest BCUT2D eigenvalue weighted by molar-refractivity contribution is 0.664. The van der Waals surface area contributed by atoms with E-state index in [4.69, 9.17) is 0 Å². The van der Waals surface area contributed by atoms with Gasteiger partial charge in [0.1, 0.15) is 0 Å².